The van der Waals surface area contributed by atoms with Crippen molar-refractivity contribution in [3.63, 3.8) is 0 Å². The van der Waals surface area contributed by atoms with Crippen LogP contribution in [0.3, 0.4) is 0 Å². The van der Waals surface area contributed by atoms with Crippen LogP contribution in [0.25, 0.3) is 0 Å². The molecule has 0 aromatic heterocycles. The lowest BCUT2D eigenvalue weighted by atomic mass is 10.1. The molecule has 268 valence electrons. The molecule has 0 aliphatic rings. The van der Waals surface area contributed by atoms with Gasteiger partial charge in [0.05, 0.1) is 0 Å². The fourth-order valence-electron chi connectivity index (χ4n) is 4.78. The van der Waals surface area contributed by atoms with Crippen LogP contribution in [0.15, 0.2) is 0 Å². The van der Waals surface area contributed by atoms with Gasteiger partial charge in [-0.15, -0.1) is 0 Å². The Morgan fingerprint density at radius 2 is 0.674 bits per heavy atom. The van der Waals surface area contributed by atoms with Crippen molar-refractivity contribution in [2.24, 2.45) is 0 Å². The fourth-order valence-corrected chi connectivity index (χ4v) is 4.78. The molecule has 0 spiro atoms. The van der Waals surface area contributed by atoms with Gasteiger partial charge in [-0.3, -0.25) is 19.2 Å². The van der Waals surface area contributed by atoms with Gasteiger partial charge in [-0.25, -0.2) is 9.59 Å². The van der Waals surface area contributed by atoms with Gasteiger partial charge in [0.2, 0.25) is 11.8 Å². The van der Waals surface area contributed by atoms with Gasteiger partial charge in [0.15, 0.2) is 0 Å². The van der Waals surface area contributed by atoms with Gasteiger partial charge >= 0.3 is 23.9 Å². The van der Waals surface area contributed by atoms with Crippen molar-refractivity contribution in [2.45, 2.75) is 180 Å². The molecule has 0 rings (SSSR count). The van der Waals surface area contributed by atoms with Gasteiger partial charge in [-0.05, 0) is 25.7 Å². The number of rotatable bonds is 30. The average molecular weight is 659 g/mol. The predicted molar refractivity (Wildman–Crippen MR) is 177 cm³/mol. The molecule has 0 aromatic rings. The number of carbonyl (C=O) groups is 6. The first-order chi connectivity index (χ1) is 21.9. The molecule has 0 heterocycles. The monoisotopic (exact) mass is 658 g/mol. The number of unbranched alkanes of at least 4 members (excludes halogenated alkanes) is 16. The molecule has 12 heteroatoms. The zero-order valence-electron chi connectivity index (χ0n) is 28.4. The molecule has 0 aliphatic carbocycles. The third-order valence-corrected chi connectivity index (χ3v) is 7.58. The fraction of sp³-hybridized carbons (Fsp3) is 0.824. The summed E-state index contributed by atoms with van der Waals surface area (Å²) in [6.45, 7) is 4.39. The SMILES string of the molecule is CCCCCCCCCCCC(=O)N[C@@H](CCC(=O)O)C(=O)O.CCCCCCCCCCCC(=O)N[C@@H](CCC(=O)O)C(=O)O. The van der Waals surface area contributed by atoms with E-state index in [1.54, 1.807) is 0 Å². The Labute approximate surface area is 275 Å². The summed E-state index contributed by atoms with van der Waals surface area (Å²) in [6.07, 6.45) is 20.6. The second-order valence-electron chi connectivity index (χ2n) is 11.9. The largest absolute Gasteiger partial charge is 0.481 e. The Hall–Kier alpha value is -3.18. The number of carboxylic acid groups (broad SMARTS) is 4. The van der Waals surface area contributed by atoms with Crippen molar-refractivity contribution in [3.8, 4) is 0 Å². The third-order valence-electron chi connectivity index (χ3n) is 7.58. The van der Waals surface area contributed by atoms with Crippen molar-refractivity contribution >= 4 is 35.7 Å². The van der Waals surface area contributed by atoms with Crippen LogP contribution in [-0.2, 0) is 28.8 Å². The number of hydrogen-bond acceptors (Lipinski definition) is 6. The van der Waals surface area contributed by atoms with Gasteiger partial charge in [-0.2, -0.15) is 0 Å². The highest BCUT2D eigenvalue weighted by Crippen LogP contribution is 2.12. The Balaban J connectivity index is 0. The Bertz CT molecular complexity index is 782. The van der Waals surface area contributed by atoms with E-state index in [1.165, 1.54) is 77.0 Å². The summed E-state index contributed by atoms with van der Waals surface area (Å²) in [5.74, 6) is -5.14. The molecule has 0 aromatic carbocycles. The quantitative estimate of drug-likeness (QED) is 0.0451. The molecular formula is C34H62N2O10. The van der Waals surface area contributed by atoms with Crippen molar-refractivity contribution in [1.29, 1.82) is 0 Å². The third kappa shape index (κ3) is 32.2. The van der Waals surface area contributed by atoms with E-state index in [0.29, 0.717) is 12.8 Å². The van der Waals surface area contributed by atoms with Gasteiger partial charge in [0, 0.05) is 25.7 Å². The lowest BCUT2D eigenvalue weighted by Gasteiger charge is -2.13. The molecule has 0 aliphatic heterocycles. The second kappa shape index (κ2) is 31.8. The molecule has 0 saturated carbocycles. The van der Waals surface area contributed by atoms with E-state index in [-0.39, 0.29) is 37.5 Å². The highest BCUT2D eigenvalue weighted by molar-refractivity contribution is 5.84. The highest BCUT2D eigenvalue weighted by atomic mass is 16.4. The molecule has 46 heavy (non-hydrogen) atoms. The summed E-state index contributed by atoms with van der Waals surface area (Å²) >= 11 is 0. The molecule has 0 fully saturated rings. The van der Waals surface area contributed by atoms with Gasteiger partial charge < -0.3 is 31.1 Å². The molecule has 2 atom stereocenters. The lowest BCUT2D eigenvalue weighted by Crippen LogP contribution is -2.41. The molecule has 2 amide bonds. The summed E-state index contributed by atoms with van der Waals surface area (Å²) in [5.41, 5.74) is 0. The molecule has 0 bridgehead atoms. The molecule has 0 radical (unpaired) electrons. The summed E-state index contributed by atoms with van der Waals surface area (Å²) in [6, 6.07) is -2.23. The van der Waals surface area contributed by atoms with Crippen LogP contribution >= 0.6 is 0 Å². The maximum atomic E-state index is 11.7. The number of aliphatic carboxylic acids is 4. The van der Waals surface area contributed by atoms with Crippen molar-refractivity contribution in [2.75, 3.05) is 0 Å². The first-order valence-corrected chi connectivity index (χ1v) is 17.4. The molecular weight excluding hydrogens is 596 g/mol. The summed E-state index contributed by atoms with van der Waals surface area (Å²) in [4.78, 5) is 66.2. The van der Waals surface area contributed by atoms with Crippen LogP contribution in [0.2, 0.25) is 0 Å². The summed E-state index contributed by atoms with van der Waals surface area (Å²) < 4.78 is 0. The molecule has 6 N–H and O–H groups in total. The maximum Gasteiger partial charge on any atom is 0.326 e. The van der Waals surface area contributed by atoms with E-state index < -0.39 is 36.0 Å². The first-order valence-electron chi connectivity index (χ1n) is 17.4. The van der Waals surface area contributed by atoms with Crippen LogP contribution in [0.1, 0.15) is 168 Å². The van der Waals surface area contributed by atoms with Crippen LogP contribution in [0, 0.1) is 0 Å². The molecule has 12 nitrogen and oxygen atoms in total. The van der Waals surface area contributed by atoms with Crippen molar-refractivity contribution in [1.82, 2.24) is 10.6 Å². The highest BCUT2D eigenvalue weighted by Gasteiger charge is 2.21. The van der Waals surface area contributed by atoms with E-state index in [4.69, 9.17) is 20.4 Å². The molecule has 0 unspecified atom stereocenters. The van der Waals surface area contributed by atoms with Crippen LogP contribution < -0.4 is 10.6 Å². The number of hydrogen-bond donors (Lipinski definition) is 6. The summed E-state index contributed by atoms with van der Waals surface area (Å²) in [5, 5.41) is 39.8. The Kier molecular flexibility index (Phi) is 31.1. The van der Waals surface area contributed by atoms with Crippen LogP contribution in [-0.4, -0.2) is 68.2 Å². The van der Waals surface area contributed by atoms with Crippen LogP contribution in [0.4, 0.5) is 0 Å². The average Bonchev–Trinajstić information content (AvgIpc) is 2.99. The Morgan fingerprint density at radius 3 is 0.913 bits per heavy atom. The van der Waals surface area contributed by atoms with E-state index in [0.717, 1.165) is 38.5 Å². The standard InChI is InChI=1S/2C17H31NO5/c2*1-2-3-4-5-6-7-8-9-10-11-15(19)18-14(17(22)23)12-13-16(20)21/h2*14H,2-13H2,1H3,(H,18,19)(H,20,21)(H,22,23)/t2*14-/m00/s1. The number of carboxylic acids is 4. The van der Waals surface area contributed by atoms with E-state index in [1.807, 2.05) is 0 Å². The normalized spacial score (nSPS) is 11.9. The van der Waals surface area contributed by atoms with Crippen LogP contribution in [0.5, 0.6) is 0 Å². The Morgan fingerprint density at radius 1 is 0.413 bits per heavy atom. The van der Waals surface area contributed by atoms with Gasteiger partial charge in [0.25, 0.3) is 0 Å². The van der Waals surface area contributed by atoms with E-state index in [9.17, 15) is 28.8 Å². The van der Waals surface area contributed by atoms with E-state index in [2.05, 4.69) is 24.5 Å². The summed E-state index contributed by atoms with van der Waals surface area (Å²) in [7, 11) is 0. The predicted octanol–water partition coefficient (Wildman–Crippen LogP) is 6.68. The van der Waals surface area contributed by atoms with Gasteiger partial charge in [-0.1, -0.05) is 117 Å². The molecule has 0 saturated heterocycles. The lowest BCUT2D eigenvalue weighted by molar-refractivity contribution is -0.144. The minimum absolute atomic E-state index is 0.0891. The van der Waals surface area contributed by atoms with E-state index >= 15 is 0 Å². The minimum atomic E-state index is -1.19. The minimum Gasteiger partial charge on any atom is -0.481 e. The van der Waals surface area contributed by atoms with Gasteiger partial charge in [0.1, 0.15) is 12.1 Å². The zero-order chi connectivity index (χ0) is 35.0. The smallest absolute Gasteiger partial charge is 0.326 e. The number of amides is 2. The number of nitrogens with one attached hydrogen (secondary N) is 2. The topological polar surface area (TPSA) is 207 Å². The first kappa shape index (κ1) is 44.9. The number of carbonyl (C=O) groups excluding carboxylic acids is 2. The zero-order valence-corrected chi connectivity index (χ0v) is 28.4. The maximum absolute atomic E-state index is 11.7. The second-order valence-corrected chi connectivity index (χ2v) is 11.9. The van der Waals surface area contributed by atoms with Crippen molar-refractivity contribution < 1.29 is 49.2 Å². The van der Waals surface area contributed by atoms with Crippen molar-refractivity contribution in [3.05, 3.63) is 0 Å².